The van der Waals surface area contributed by atoms with Crippen molar-refractivity contribution in [2.45, 2.75) is 66.1 Å². The number of aliphatic hydroxyl groups is 2. The predicted molar refractivity (Wildman–Crippen MR) is 64.3 cm³/mol. The minimum atomic E-state index is -1.35. The molecule has 4 heteroatoms. The van der Waals surface area contributed by atoms with Crippen LogP contribution in [0.3, 0.4) is 0 Å². The van der Waals surface area contributed by atoms with Crippen LogP contribution in [-0.2, 0) is 0 Å². The van der Waals surface area contributed by atoms with E-state index < -0.39 is 6.29 Å². The molecule has 1 aliphatic heterocycles. The number of aliphatic hydroxyl groups excluding tert-OH is 1. The molecule has 0 aromatic rings. The number of rotatable bonds is 3. The Hall–Kier alpha value is -0.740. The summed E-state index contributed by atoms with van der Waals surface area (Å²) in [5.41, 5.74) is 2.25. The third-order valence-corrected chi connectivity index (χ3v) is 3.25. The number of allylic oxidation sites excluding steroid dienone is 2. The molecule has 0 aromatic carbocycles. The van der Waals surface area contributed by atoms with Gasteiger partial charge in [0.05, 0.1) is 0 Å². The largest absolute Gasteiger partial charge is 0.365 e. The summed E-state index contributed by atoms with van der Waals surface area (Å²) in [5.74, 6) is 0. The van der Waals surface area contributed by atoms with Crippen LogP contribution in [0, 0.1) is 0 Å². The van der Waals surface area contributed by atoms with Crippen LogP contribution >= 0.6 is 0 Å². The first-order valence-electron chi connectivity index (χ1n) is 5.89. The van der Waals surface area contributed by atoms with E-state index >= 15 is 0 Å². The predicted octanol–water partition coefficient (Wildman–Crippen LogP) is 1.31. The van der Waals surface area contributed by atoms with Gasteiger partial charge in [-0.1, -0.05) is 0 Å². The normalized spacial score (nSPS) is 18.9. The summed E-state index contributed by atoms with van der Waals surface area (Å²) >= 11 is 0. The van der Waals surface area contributed by atoms with Gasteiger partial charge in [-0.15, -0.1) is 0 Å². The first-order valence-corrected chi connectivity index (χ1v) is 5.89. The number of hydrogen-bond acceptors (Lipinski definition) is 4. The Bertz CT molecular complexity index is 261. The molecule has 1 rings (SSSR count). The Morgan fingerprint density at radius 3 is 1.38 bits per heavy atom. The van der Waals surface area contributed by atoms with Crippen LogP contribution in [0.5, 0.6) is 0 Å². The summed E-state index contributed by atoms with van der Waals surface area (Å²) in [5, 5.41) is 19.1. The Labute approximate surface area is 98.2 Å². The van der Waals surface area contributed by atoms with E-state index in [2.05, 4.69) is 37.5 Å². The molecule has 0 amide bonds. The van der Waals surface area contributed by atoms with Crippen LogP contribution in [-0.4, -0.2) is 44.6 Å². The lowest BCUT2D eigenvalue weighted by atomic mass is 10.2. The van der Waals surface area contributed by atoms with Crippen molar-refractivity contribution >= 4 is 0 Å². The maximum atomic E-state index is 9.57. The lowest BCUT2D eigenvalue weighted by molar-refractivity contribution is -0.136. The van der Waals surface area contributed by atoms with Gasteiger partial charge in [0.1, 0.15) is 0 Å². The van der Waals surface area contributed by atoms with Crippen molar-refractivity contribution in [2.24, 2.45) is 0 Å². The number of nitrogens with zero attached hydrogens (tertiary/aromatic N) is 2. The van der Waals surface area contributed by atoms with E-state index in [9.17, 15) is 10.2 Å². The summed E-state index contributed by atoms with van der Waals surface area (Å²) in [6.07, 6.45) is -1.71. The molecule has 2 N–H and O–H groups in total. The lowest BCUT2D eigenvalue weighted by Crippen LogP contribution is -2.52. The first-order chi connectivity index (χ1) is 7.29. The van der Waals surface area contributed by atoms with Gasteiger partial charge < -0.3 is 20.0 Å². The van der Waals surface area contributed by atoms with Crippen molar-refractivity contribution in [3.8, 4) is 0 Å². The second-order valence-corrected chi connectivity index (χ2v) is 5.00. The molecule has 0 atom stereocenters. The lowest BCUT2D eigenvalue weighted by Gasteiger charge is -2.39. The van der Waals surface area contributed by atoms with Crippen molar-refractivity contribution in [2.75, 3.05) is 0 Å². The van der Waals surface area contributed by atoms with Gasteiger partial charge in [0, 0.05) is 23.5 Å². The smallest absolute Gasteiger partial charge is 0.191 e. The van der Waals surface area contributed by atoms with Crippen LogP contribution in [0.1, 0.15) is 41.5 Å². The van der Waals surface area contributed by atoms with Gasteiger partial charge in [0.2, 0.25) is 0 Å². The van der Waals surface area contributed by atoms with Crippen LogP contribution in [0.2, 0.25) is 0 Å². The van der Waals surface area contributed by atoms with E-state index in [-0.39, 0.29) is 18.2 Å². The fourth-order valence-electron chi connectivity index (χ4n) is 2.58. The molecule has 1 aliphatic rings. The molecule has 0 aliphatic carbocycles. The van der Waals surface area contributed by atoms with Gasteiger partial charge in [0.15, 0.2) is 12.5 Å². The molecular formula is C12H24N2O2. The molecule has 4 nitrogen and oxygen atoms in total. The van der Waals surface area contributed by atoms with E-state index in [1.54, 1.807) is 0 Å². The van der Waals surface area contributed by atoms with Gasteiger partial charge in [-0.2, -0.15) is 0 Å². The zero-order valence-electron chi connectivity index (χ0n) is 11.1. The van der Waals surface area contributed by atoms with E-state index in [0.717, 1.165) is 11.4 Å². The highest BCUT2D eigenvalue weighted by Crippen LogP contribution is 2.33. The third-order valence-electron chi connectivity index (χ3n) is 3.25. The van der Waals surface area contributed by atoms with Crippen LogP contribution < -0.4 is 0 Å². The SMILES string of the molecule is CC1=C(C)N(C(C)C)C(C(O)O)N1C(C)C. The van der Waals surface area contributed by atoms with Gasteiger partial charge in [0.25, 0.3) is 0 Å². The fourth-order valence-corrected chi connectivity index (χ4v) is 2.58. The fraction of sp³-hybridized carbons (Fsp3) is 0.833. The zero-order valence-corrected chi connectivity index (χ0v) is 11.1. The zero-order chi connectivity index (χ0) is 12.6. The summed E-state index contributed by atoms with van der Waals surface area (Å²) in [4.78, 5) is 4.14. The maximum absolute atomic E-state index is 9.57. The van der Waals surface area contributed by atoms with Crippen LogP contribution in [0.4, 0.5) is 0 Å². The summed E-state index contributed by atoms with van der Waals surface area (Å²) in [7, 11) is 0. The minimum Gasteiger partial charge on any atom is -0.365 e. The molecule has 0 bridgehead atoms. The van der Waals surface area contributed by atoms with Crippen molar-refractivity contribution in [3.05, 3.63) is 11.4 Å². The van der Waals surface area contributed by atoms with Gasteiger partial charge in [-0.05, 0) is 41.5 Å². The standard InChI is InChI=1S/C12H24N2O2/c1-7(2)13-9(5)10(6)14(8(3)4)11(13)12(15)16/h7-8,11-12,15-16H,1-6H3. The molecule has 0 fully saturated rings. The first kappa shape index (κ1) is 13.3. The van der Waals surface area contributed by atoms with Crippen LogP contribution in [0.15, 0.2) is 11.4 Å². The molecule has 0 aromatic heterocycles. The average Bonchev–Trinajstić information content (AvgIpc) is 2.39. The Morgan fingerprint density at radius 1 is 0.875 bits per heavy atom. The van der Waals surface area contributed by atoms with Crippen molar-refractivity contribution in [1.29, 1.82) is 0 Å². The monoisotopic (exact) mass is 228 g/mol. The van der Waals surface area contributed by atoms with Crippen LogP contribution in [0.25, 0.3) is 0 Å². The topological polar surface area (TPSA) is 46.9 Å². The van der Waals surface area contributed by atoms with Crippen molar-refractivity contribution in [1.82, 2.24) is 9.80 Å². The van der Waals surface area contributed by atoms with Gasteiger partial charge in [-0.25, -0.2) is 0 Å². The Balaban J connectivity index is 3.12. The van der Waals surface area contributed by atoms with E-state index in [0.29, 0.717) is 0 Å². The summed E-state index contributed by atoms with van der Waals surface area (Å²) in [6.45, 7) is 12.3. The third kappa shape index (κ3) is 2.04. The minimum absolute atomic E-state index is 0.255. The van der Waals surface area contributed by atoms with E-state index in [4.69, 9.17) is 0 Å². The Kier molecular flexibility index (Phi) is 3.86. The number of hydrogen-bond donors (Lipinski definition) is 2. The molecule has 0 saturated carbocycles. The molecule has 0 saturated heterocycles. The maximum Gasteiger partial charge on any atom is 0.191 e. The van der Waals surface area contributed by atoms with Gasteiger partial charge >= 0.3 is 0 Å². The van der Waals surface area contributed by atoms with Crippen molar-refractivity contribution < 1.29 is 10.2 Å². The quantitative estimate of drug-likeness (QED) is 0.715. The Morgan fingerprint density at radius 2 is 1.19 bits per heavy atom. The average molecular weight is 228 g/mol. The van der Waals surface area contributed by atoms with Crippen molar-refractivity contribution in [3.63, 3.8) is 0 Å². The molecular weight excluding hydrogens is 204 g/mol. The molecule has 0 radical (unpaired) electrons. The van der Waals surface area contributed by atoms with E-state index in [1.807, 2.05) is 13.8 Å². The highest BCUT2D eigenvalue weighted by molar-refractivity contribution is 5.18. The molecule has 16 heavy (non-hydrogen) atoms. The molecule has 0 spiro atoms. The van der Waals surface area contributed by atoms with E-state index in [1.165, 1.54) is 0 Å². The second-order valence-electron chi connectivity index (χ2n) is 5.00. The second kappa shape index (κ2) is 4.63. The highest BCUT2D eigenvalue weighted by atomic mass is 16.5. The molecule has 94 valence electrons. The molecule has 0 unspecified atom stereocenters. The highest BCUT2D eigenvalue weighted by Gasteiger charge is 2.40. The molecule has 1 heterocycles. The summed E-state index contributed by atoms with van der Waals surface area (Å²) < 4.78 is 0. The van der Waals surface area contributed by atoms with Gasteiger partial charge in [-0.3, -0.25) is 0 Å². The summed E-state index contributed by atoms with van der Waals surface area (Å²) in [6, 6.07) is 0.510.